The Kier molecular flexibility index (Phi) is 4.53. The molecule has 3 heteroatoms. The van der Waals surface area contributed by atoms with Crippen molar-refractivity contribution in [3.05, 3.63) is 57.5 Å². The molecule has 0 saturated carbocycles. The number of aromatic nitrogens is 1. The summed E-state index contributed by atoms with van der Waals surface area (Å²) in [7, 11) is 0. The first-order valence-corrected chi connectivity index (χ1v) is 8.98. The van der Waals surface area contributed by atoms with Crippen molar-refractivity contribution in [2.45, 2.75) is 59.3 Å². The van der Waals surface area contributed by atoms with E-state index in [1.807, 2.05) is 34.9 Å². The summed E-state index contributed by atoms with van der Waals surface area (Å²) in [6, 6.07) is 9.83. The number of nitrogens with zero attached hydrogens (tertiary/aromatic N) is 1. The van der Waals surface area contributed by atoms with Crippen LogP contribution in [-0.2, 0) is 19.3 Å². The zero-order valence-corrected chi connectivity index (χ0v) is 14.9. The summed E-state index contributed by atoms with van der Waals surface area (Å²) >= 11 is 0. The van der Waals surface area contributed by atoms with E-state index in [1.165, 1.54) is 0 Å². The molecule has 24 heavy (non-hydrogen) atoms. The Hall–Kier alpha value is -2.03. The van der Waals surface area contributed by atoms with Gasteiger partial charge in [-0.05, 0) is 49.7 Å². The highest BCUT2D eigenvalue weighted by Crippen LogP contribution is 2.39. The number of para-hydroxylation sites is 1. The van der Waals surface area contributed by atoms with Crippen molar-refractivity contribution in [1.82, 2.24) is 4.57 Å². The Morgan fingerprint density at radius 1 is 1.21 bits per heavy atom. The largest absolute Gasteiger partial charge is 0.507 e. The normalized spacial score (nSPS) is 16.0. The van der Waals surface area contributed by atoms with Crippen LogP contribution < -0.4 is 5.56 Å². The lowest BCUT2D eigenvalue weighted by atomic mass is 9.75. The number of rotatable bonds is 4. The number of hydrogen-bond acceptors (Lipinski definition) is 2. The van der Waals surface area contributed by atoms with Gasteiger partial charge in [0.15, 0.2) is 0 Å². The maximum Gasteiger partial charge on any atom is 0.262 e. The second-order valence-corrected chi connectivity index (χ2v) is 7.67. The monoisotopic (exact) mass is 325 g/mol. The van der Waals surface area contributed by atoms with Crippen molar-refractivity contribution >= 4 is 0 Å². The van der Waals surface area contributed by atoms with Crippen LogP contribution in [0.25, 0.3) is 5.69 Å². The average molecular weight is 325 g/mol. The van der Waals surface area contributed by atoms with Crippen LogP contribution in [0.1, 0.15) is 56.9 Å². The molecule has 1 heterocycles. The summed E-state index contributed by atoms with van der Waals surface area (Å²) in [5.41, 5.74) is 3.54. The van der Waals surface area contributed by atoms with Gasteiger partial charge in [0.05, 0.1) is 5.56 Å². The van der Waals surface area contributed by atoms with Gasteiger partial charge in [-0.3, -0.25) is 9.36 Å². The fraction of sp³-hybridized carbons (Fsp3) is 0.476. The highest BCUT2D eigenvalue weighted by Gasteiger charge is 2.31. The molecule has 0 bridgehead atoms. The van der Waals surface area contributed by atoms with Crippen LogP contribution in [0.15, 0.2) is 35.1 Å². The second-order valence-electron chi connectivity index (χ2n) is 7.67. The van der Waals surface area contributed by atoms with Gasteiger partial charge < -0.3 is 5.11 Å². The molecule has 0 amide bonds. The minimum absolute atomic E-state index is 0.0522. The smallest absolute Gasteiger partial charge is 0.262 e. The Morgan fingerprint density at radius 2 is 1.92 bits per heavy atom. The molecule has 1 aromatic heterocycles. The van der Waals surface area contributed by atoms with Crippen LogP contribution in [0.4, 0.5) is 0 Å². The summed E-state index contributed by atoms with van der Waals surface area (Å²) in [4.78, 5) is 13.2. The second kappa shape index (κ2) is 6.46. The highest BCUT2D eigenvalue weighted by atomic mass is 16.3. The molecule has 1 aliphatic carbocycles. The van der Waals surface area contributed by atoms with E-state index in [1.54, 1.807) is 0 Å². The third-order valence-corrected chi connectivity index (χ3v) is 5.14. The Balaban J connectivity index is 2.27. The third-order valence-electron chi connectivity index (χ3n) is 5.14. The first-order valence-electron chi connectivity index (χ1n) is 8.98. The molecule has 0 radical (unpaired) electrons. The van der Waals surface area contributed by atoms with Crippen molar-refractivity contribution in [3.8, 4) is 11.4 Å². The van der Waals surface area contributed by atoms with Gasteiger partial charge in [-0.1, -0.05) is 45.4 Å². The van der Waals surface area contributed by atoms with Crippen LogP contribution in [0.2, 0.25) is 0 Å². The third kappa shape index (κ3) is 3.00. The molecule has 1 N–H and O–H groups in total. The van der Waals surface area contributed by atoms with Crippen molar-refractivity contribution in [1.29, 1.82) is 0 Å². The van der Waals surface area contributed by atoms with Crippen LogP contribution in [0.3, 0.4) is 0 Å². The molecule has 0 aliphatic heterocycles. The predicted octanol–water partition coefficient (Wildman–Crippen LogP) is 4.40. The van der Waals surface area contributed by atoms with Gasteiger partial charge >= 0.3 is 0 Å². The molecular formula is C21H27NO2. The molecule has 0 unspecified atom stereocenters. The van der Waals surface area contributed by atoms with E-state index < -0.39 is 0 Å². The molecule has 128 valence electrons. The molecule has 0 spiro atoms. The minimum Gasteiger partial charge on any atom is -0.507 e. The van der Waals surface area contributed by atoms with E-state index in [4.69, 9.17) is 0 Å². The van der Waals surface area contributed by atoms with Crippen molar-refractivity contribution in [3.63, 3.8) is 0 Å². The Morgan fingerprint density at radius 3 is 2.58 bits per heavy atom. The predicted molar refractivity (Wildman–Crippen MR) is 98.1 cm³/mol. The van der Waals surface area contributed by atoms with Gasteiger partial charge in [0, 0.05) is 16.9 Å². The van der Waals surface area contributed by atoms with E-state index in [9.17, 15) is 9.90 Å². The first-order chi connectivity index (χ1) is 11.4. The maximum absolute atomic E-state index is 13.2. The Bertz CT molecular complexity index is 788. The fourth-order valence-electron chi connectivity index (χ4n) is 3.70. The van der Waals surface area contributed by atoms with Crippen molar-refractivity contribution in [2.24, 2.45) is 5.41 Å². The van der Waals surface area contributed by atoms with Gasteiger partial charge in [0.25, 0.3) is 5.56 Å². The number of aromatic hydroxyl groups is 1. The fourth-order valence-corrected chi connectivity index (χ4v) is 3.70. The van der Waals surface area contributed by atoms with E-state index >= 15 is 0 Å². The zero-order chi connectivity index (χ0) is 17.3. The molecular weight excluding hydrogens is 298 g/mol. The molecule has 3 rings (SSSR count). The lowest BCUT2D eigenvalue weighted by molar-refractivity contribution is 0.301. The summed E-state index contributed by atoms with van der Waals surface area (Å²) in [6.45, 7) is 6.57. The van der Waals surface area contributed by atoms with Gasteiger partial charge in [-0.15, -0.1) is 0 Å². The minimum atomic E-state index is -0.0522. The maximum atomic E-state index is 13.2. The first kappa shape index (κ1) is 16.8. The number of fused-ring (bicyclic) bond motifs is 1. The number of benzene rings is 1. The summed E-state index contributed by atoms with van der Waals surface area (Å²) in [5.74, 6) is 0.256. The molecule has 1 aromatic carbocycles. The summed E-state index contributed by atoms with van der Waals surface area (Å²) in [5, 5.41) is 10.8. The van der Waals surface area contributed by atoms with Crippen molar-refractivity contribution < 1.29 is 5.11 Å². The molecule has 1 aliphatic rings. The number of pyridine rings is 1. The summed E-state index contributed by atoms with van der Waals surface area (Å²) < 4.78 is 1.85. The molecule has 0 saturated heterocycles. The standard InChI is InChI=1S/C21H27NO2/c1-4-5-11-17-19(23)16-12-13-21(2,3)14-18(16)22(20(17)24)15-9-7-6-8-10-15/h6-10,23H,4-5,11-14H2,1-3H3. The van der Waals surface area contributed by atoms with E-state index in [0.29, 0.717) is 12.0 Å². The molecule has 0 fully saturated rings. The van der Waals surface area contributed by atoms with Crippen LogP contribution in [0, 0.1) is 5.41 Å². The van der Waals surface area contributed by atoms with E-state index in [2.05, 4.69) is 20.8 Å². The van der Waals surface area contributed by atoms with Gasteiger partial charge in [0.2, 0.25) is 0 Å². The van der Waals surface area contributed by atoms with Crippen LogP contribution in [-0.4, -0.2) is 9.67 Å². The molecule has 3 nitrogen and oxygen atoms in total. The lowest BCUT2D eigenvalue weighted by Gasteiger charge is -2.34. The summed E-state index contributed by atoms with van der Waals surface area (Å²) in [6.07, 6.45) is 5.25. The van der Waals surface area contributed by atoms with Crippen LogP contribution >= 0.6 is 0 Å². The van der Waals surface area contributed by atoms with E-state index in [0.717, 1.165) is 49.0 Å². The van der Waals surface area contributed by atoms with Gasteiger partial charge in [-0.2, -0.15) is 0 Å². The van der Waals surface area contributed by atoms with Gasteiger partial charge in [0.1, 0.15) is 5.75 Å². The number of unbranched alkanes of at least 4 members (excludes halogenated alkanes) is 1. The molecule has 0 atom stereocenters. The van der Waals surface area contributed by atoms with Gasteiger partial charge in [-0.25, -0.2) is 0 Å². The molecule has 2 aromatic rings. The van der Waals surface area contributed by atoms with E-state index in [-0.39, 0.29) is 16.7 Å². The Labute approximate surface area is 144 Å². The number of hydrogen-bond donors (Lipinski definition) is 1. The van der Waals surface area contributed by atoms with Crippen molar-refractivity contribution in [2.75, 3.05) is 0 Å². The average Bonchev–Trinajstić information content (AvgIpc) is 2.55. The highest BCUT2D eigenvalue weighted by molar-refractivity contribution is 5.48. The quantitative estimate of drug-likeness (QED) is 0.905. The zero-order valence-electron chi connectivity index (χ0n) is 14.9. The lowest BCUT2D eigenvalue weighted by Crippen LogP contribution is -2.33. The SMILES string of the molecule is CCCCc1c(O)c2c(n(-c3ccccc3)c1=O)CC(C)(C)CC2. The topological polar surface area (TPSA) is 42.2 Å². The van der Waals surface area contributed by atoms with Crippen LogP contribution in [0.5, 0.6) is 5.75 Å².